The highest BCUT2D eigenvalue weighted by Gasteiger charge is 2.21. The molecule has 0 saturated heterocycles. The smallest absolute Gasteiger partial charge is 0.331 e. The van der Waals surface area contributed by atoms with Crippen LogP contribution >= 0.6 is 0 Å². The van der Waals surface area contributed by atoms with E-state index < -0.39 is 17.9 Å². The number of carboxylic acid groups (broad SMARTS) is 2. The molecule has 0 aromatic heterocycles. The van der Waals surface area contributed by atoms with Gasteiger partial charge < -0.3 is 10.2 Å². The van der Waals surface area contributed by atoms with Crippen LogP contribution in [0.15, 0.2) is 23.8 Å². The van der Waals surface area contributed by atoms with E-state index in [0.717, 1.165) is 0 Å². The fraction of sp³-hybridized carbons (Fsp3) is 0.250. The van der Waals surface area contributed by atoms with Crippen molar-refractivity contribution in [3.05, 3.63) is 23.8 Å². The molecule has 64 valence electrons. The van der Waals surface area contributed by atoms with Gasteiger partial charge in [0.15, 0.2) is 0 Å². The van der Waals surface area contributed by atoms with Crippen molar-refractivity contribution in [1.29, 1.82) is 0 Å². The monoisotopic (exact) mass is 168 g/mol. The predicted molar refractivity (Wildman–Crippen MR) is 40.6 cm³/mol. The Bertz CT molecular complexity index is 275. The third-order valence-electron chi connectivity index (χ3n) is 1.67. The van der Waals surface area contributed by atoms with Crippen LogP contribution in [0.25, 0.3) is 0 Å². The SMILES string of the molecule is O=C(O)C1=CC=CC(C(=O)O)C1. The zero-order chi connectivity index (χ0) is 9.14. The van der Waals surface area contributed by atoms with Crippen LogP contribution in [0.3, 0.4) is 0 Å². The molecule has 0 aromatic rings. The highest BCUT2D eigenvalue weighted by atomic mass is 16.4. The van der Waals surface area contributed by atoms with E-state index >= 15 is 0 Å². The summed E-state index contributed by atoms with van der Waals surface area (Å²) in [5, 5.41) is 17.1. The first-order valence-electron chi connectivity index (χ1n) is 3.44. The molecule has 0 spiro atoms. The Morgan fingerprint density at radius 3 is 2.58 bits per heavy atom. The van der Waals surface area contributed by atoms with Crippen molar-refractivity contribution in [3.63, 3.8) is 0 Å². The summed E-state index contributed by atoms with van der Waals surface area (Å²) in [5.74, 6) is -2.73. The van der Waals surface area contributed by atoms with Gasteiger partial charge in [0, 0.05) is 5.57 Å². The molecule has 0 aromatic carbocycles. The number of aliphatic carboxylic acids is 2. The van der Waals surface area contributed by atoms with Gasteiger partial charge in [0.25, 0.3) is 0 Å². The fourth-order valence-electron chi connectivity index (χ4n) is 1.01. The van der Waals surface area contributed by atoms with Gasteiger partial charge in [0.2, 0.25) is 0 Å². The zero-order valence-electron chi connectivity index (χ0n) is 6.23. The maximum atomic E-state index is 10.5. The van der Waals surface area contributed by atoms with E-state index in [1.54, 1.807) is 0 Å². The van der Waals surface area contributed by atoms with Crippen LogP contribution in [0.2, 0.25) is 0 Å². The molecule has 1 unspecified atom stereocenters. The maximum absolute atomic E-state index is 10.5. The van der Waals surface area contributed by atoms with E-state index in [1.165, 1.54) is 18.2 Å². The summed E-state index contributed by atoms with van der Waals surface area (Å²) >= 11 is 0. The van der Waals surface area contributed by atoms with Gasteiger partial charge in [-0.05, 0) is 6.42 Å². The van der Waals surface area contributed by atoms with Crippen LogP contribution in [-0.4, -0.2) is 22.2 Å². The quantitative estimate of drug-likeness (QED) is 0.635. The Hall–Kier alpha value is -1.58. The Morgan fingerprint density at radius 1 is 1.42 bits per heavy atom. The number of hydrogen-bond acceptors (Lipinski definition) is 2. The number of hydrogen-bond donors (Lipinski definition) is 2. The normalized spacial score (nSPS) is 21.7. The molecular weight excluding hydrogens is 160 g/mol. The predicted octanol–water partition coefficient (Wildman–Crippen LogP) is 0.658. The molecule has 0 fully saturated rings. The van der Waals surface area contributed by atoms with Gasteiger partial charge in [-0.25, -0.2) is 4.79 Å². The number of rotatable bonds is 2. The Labute approximate surface area is 68.8 Å². The van der Waals surface area contributed by atoms with Crippen LogP contribution < -0.4 is 0 Å². The standard InChI is InChI=1S/C8H8O4/c9-7(10)5-2-1-3-6(4-5)8(11)12/h1-3,5H,4H2,(H,9,10)(H,11,12). The van der Waals surface area contributed by atoms with Gasteiger partial charge >= 0.3 is 11.9 Å². The topological polar surface area (TPSA) is 74.6 Å². The van der Waals surface area contributed by atoms with Gasteiger partial charge in [0.1, 0.15) is 0 Å². The van der Waals surface area contributed by atoms with Gasteiger partial charge in [-0.2, -0.15) is 0 Å². The maximum Gasteiger partial charge on any atom is 0.331 e. The molecule has 0 amide bonds. The van der Waals surface area contributed by atoms with Crippen molar-refractivity contribution >= 4 is 11.9 Å². The van der Waals surface area contributed by atoms with Gasteiger partial charge in [-0.3, -0.25) is 4.79 Å². The summed E-state index contributed by atoms with van der Waals surface area (Å²) in [6.45, 7) is 0. The van der Waals surface area contributed by atoms with E-state index in [4.69, 9.17) is 10.2 Å². The number of allylic oxidation sites excluding steroid dienone is 2. The lowest BCUT2D eigenvalue weighted by atomic mass is 9.95. The molecule has 1 aliphatic carbocycles. The molecule has 0 heterocycles. The van der Waals surface area contributed by atoms with Crippen LogP contribution in [0, 0.1) is 5.92 Å². The lowest BCUT2D eigenvalue weighted by molar-refractivity contribution is -0.140. The van der Waals surface area contributed by atoms with E-state index in [1.807, 2.05) is 0 Å². The Morgan fingerprint density at radius 2 is 2.08 bits per heavy atom. The lowest BCUT2D eigenvalue weighted by Gasteiger charge is -2.10. The first-order valence-corrected chi connectivity index (χ1v) is 3.44. The molecule has 0 aliphatic heterocycles. The third-order valence-corrected chi connectivity index (χ3v) is 1.67. The molecule has 12 heavy (non-hydrogen) atoms. The number of carboxylic acids is 2. The first kappa shape index (κ1) is 8.52. The van der Waals surface area contributed by atoms with E-state index in [0.29, 0.717) is 0 Å². The molecule has 4 nitrogen and oxygen atoms in total. The molecule has 1 rings (SSSR count). The average molecular weight is 168 g/mol. The Kier molecular flexibility index (Phi) is 2.28. The molecular formula is C8H8O4. The number of carbonyl (C=O) groups is 2. The van der Waals surface area contributed by atoms with Crippen LogP contribution in [0.5, 0.6) is 0 Å². The van der Waals surface area contributed by atoms with E-state index in [-0.39, 0.29) is 12.0 Å². The summed E-state index contributed by atoms with van der Waals surface area (Å²) in [7, 11) is 0. The van der Waals surface area contributed by atoms with Crippen LogP contribution in [0.1, 0.15) is 6.42 Å². The van der Waals surface area contributed by atoms with Crippen molar-refractivity contribution in [3.8, 4) is 0 Å². The van der Waals surface area contributed by atoms with Crippen molar-refractivity contribution < 1.29 is 19.8 Å². The highest BCUT2D eigenvalue weighted by Crippen LogP contribution is 2.18. The van der Waals surface area contributed by atoms with Gasteiger partial charge in [-0.1, -0.05) is 18.2 Å². The Balaban J connectivity index is 2.74. The molecule has 0 bridgehead atoms. The third kappa shape index (κ3) is 1.72. The van der Waals surface area contributed by atoms with E-state index in [9.17, 15) is 9.59 Å². The minimum absolute atomic E-state index is 0.0706. The minimum atomic E-state index is -1.05. The molecule has 4 heteroatoms. The fourth-order valence-corrected chi connectivity index (χ4v) is 1.01. The van der Waals surface area contributed by atoms with Crippen molar-refractivity contribution in [1.82, 2.24) is 0 Å². The summed E-state index contributed by atoms with van der Waals surface area (Å²) in [4.78, 5) is 20.9. The molecule has 1 aliphatic rings. The highest BCUT2D eigenvalue weighted by molar-refractivity contribution is 5.89. The summed E-state index contributed by atoms with van der Waals surface area (Å²) in [5.41, 5.74) is 0.143. The van der Waals surface area contributed by atoms with Crippen molar-refractivity contribution in [2.45, 2.75) is 6.42 Å². The second-order valence-corrected chi connectivity index (χ2v) is 2.53. The largest absolute Gasteiger partial charge is 0.481 e. The van der Waals surface area contributed by atoms with Crippen LogP contribution in [0.4, 0.5) is 0 Å². The second-order valence-electron chi connectivity index (χ2n) is 2.53. The van der Waals surface area contributed by atoms with Gasteiger partial charge in [0.05, 0.1) is 5.92 Å². The second kappa shape index (κ2) is 3.21. The molecule has 1 atom stereocenters. The van der Waals surface area contributed by atoms with Crippen molar-refractivity contribution in [2.24, 2.45) is 5.92 Å². The summed E-state index contributed by atoms with van der Waals surface area (Å²) in [6, 6.07) is 0. The average Bonchev–Trinajstić information content (AvgIpc) is 2.04. The lowest BCUT2D eigenvalue weighted by Crippen LogP contribution is -2.16. The van der Waals surface area contributed by atoms with Crippen molar-refractivity contribution in [2.75, 3.05) is 0 Å². The van der Waals surface area contributed by atoms with Gasteiger partial charge in [-0.15, -0.1) is 0 Å². The van der Waals surface area contributed by atoms with Crippen LogP contribution in [-0.2, 0) is 9.59 Å². The van der Waals surface area contributed by atoms with E-state index in [2.05, 4.69) is 0 Å². The first-order chi connectivity index (χ1) is 5.61. The molecule has 2 N–H and O–H groups in total. The molecule has 0 radical (unpaired) electrons. The zero-order valence-corrected chi connectivity index (χ0v) is 6.23. The summed E-state index contributed by atoms with van der Waals surface area (Å²) < 4.78 is 0. The summed E-state index contributed by atoms with van der Waals surface area (Å²) in [6.07, 6.45) is 4.43. The minimum Gasteiger partial charge on any atom is -0.481 e. The molecule has 0 saturated carbocycles.